The molecule has 2 heteroatoms. The maximum atomic E-state index is 6.10. The summed E-state index contributed by atoms with van der Waals surface area (Å²) in [5.41, 5.74) is 0.921. The highest BCUT2D eigenvalue weighted by molar-refractivity contribution is 7.80. The second-order valence-electron chi connectivity index (χ2n) is 4.27. The molecule has 0 N–H and O–H groups in total. The van der Waals surface area contributed by atoms with Gasteiger partial charge in [0.05, 0.1) is 5.02 Å². The van der Waals surface area contributed by atoms with Crippen LogP contribution in [0.15, 0.2) is 23.1 Å². The van der Waals surface area contributed by atoms with Gasteiger partial charge in [-0.05, 0) is 31.0 Å². The van der Waals surface area contributed by atoms with Crippen molar-refractivity contribution in [1.29, 1.82) is 0 Å². The van der Waals surface area contributed by atoms with Crippen LogP contribution in [0.2, 0.25) is 5.02 Å². The van der Waals surface area contributed by atoms with E-state index in [9.17, 15) is 0 Å². The van der Waals surface area contributed by atoms with Gasteiger partial charge in [-0.15, -0.1) is 12.6 Å². The highest BCUT2D eigenvalue weighted by atomic mass is 35.5. The highest BCUT2D eigenvalue weighted by Crippen LogP contribution is 2.23. The van der Waals surface area contributed by atoms with Crippen molar-refractivity contribution in [2.75, 3.05) is 0 Å². The largest absolute Gasteiger partial charge is 0.143 e. The van der Waals surface area contributed by atoms with Crippen molar-refractivity contribution in [3.8, 4) is 11.8 Å². The maximum Gasteiger partial charge on any atom is 0.0573 e. The lowest BCUT2D eigenvalue weighted by Gasteiger charge is -2.15. The second-order valence-corrected chi connectivity index (χ2v) is 5.19. The van der Waals surface area contributed by atoms with Crippen LogP contribution in [0.25, 0.3) is 0 Å². The average Bonchev–Trinajstić information content (AvgIpc) is 2.29. The minimum atomic E-state index is 0.570. The third kappa shape index (κ3) is 3.20. The minimum absolute atomic E-state index is 0.570. The fourth-order valence-electron chi connectivity index (χ4n) is 2.03. The summed E-state index contributed by atoms with van der Waals surface area (Å²) in [4.78, 5) is 0.883. The average molecular weight is 251 g/mol. The lowest BCUT2D eigenvalue weighted by Crippen LogP contribution is -2.03. The molecule has 0 heterocycles. The van der Waals surface area contributed by atoms with Crippen LogP contribution in [-0.4, -0.2) is 0 Å². The van der Waals surface area contributed by atoms with Crippen molar-refractivity contribution in [1.82, 2.24) is 0 Å². The van der Waals surface area contributed by atoms with Crippen molar-refractivity contribution in [3.63, 3.8) is 0 Å². The van der Waals surface area contributed by atoms with Crippen LogP contribution in [0, 0.1) is 17.8 Å². The maximum absolute atomic E-state index is 6.10. The van der Waals surface area contributed by atoms with Gasteiger partial charge in [-0.25, -0.2) is 0 Å². The molecule has 0 saturated heterocycles. The molecule has 0 radical (unpaired) electrons. The molecule has 0 bridgehead atoms. The van der Waals surface area contributed by atoms with E-state index in [-0.39, 0.29) is 0 Å². The summed E-state index contributed by atoms with van der Waals surface area (Å²) in [6.45, 7) is 0. The minimum Gasteiger partial charge on any atom is -0.143 e. The fraction of sp³-hybridized carbons (Fsp3) is 0.429. The molecule has 1 aromatic rings. The zero-order valence-electron chi connectivity index (χ0n) is 9.17. The molecule has 0 amide bonds. The Kier molecular flexibility index (Phi) is 4.21. The van der Waals surface area contributed by atoms with E-state index < -0.39 is 0 Å². The molecule has 0 atom stereocenters. The van der Waals surface area contributed by atoms with Crippen molar-refractivity contribution in [2.45, 2.75) is 37.0 Å². The number of hydrogen-bond donors (Lipinski definition) is 1. The van der Waals surface area contributed by atoms with Crippen molar-refractivity contribution >= 4 is 24.2 Å². The van der Waals surface area contributed by atoms with Gasteiger partial charge in [0.25, 0.3) is 0 Å². The van der Waals surface area contributed by atoms with Crippen LogP contribution < -0.4 is 0 Å². The van der Waals surface area contributed by atoms with E-state index in [0.717, 1.165) is 10.5 Å². The third-order valence-corrected chi connectivity index (χ3v) is 3.56. The number of thiol groups is 1. The summed E-state index contributed by atoms with van der Waals surface area (Å²) in [6.07, 6.45) is 6.50. The summed E-state index contributed by atoms with van der Waals surface area (Å²) in [5, 5.41) is 0.704. The topological polar surface area (TPSA) is 0 Å². The molecule has 1 fully saturated rings. The highest BCUT2D eigenvalue weighted by Gasteiger charge is 2.10. The monoisotopic (exact) mass is 250 g/mol. The van der Waals surface area contributed by atoms with Crippen molar-refractivity contribution in [2.24, 2.45) is 5.92 Å². The molecule has 1 aliphatic carbocycles. The van der Waals surface area contributed by atoms with E-state index in [1.165, 1.54) is 32.1 Å². The summed E-state index contributed by atoms with van der Waals surface area (Å²) in [6, 6.07) is 5.72. The fourth-order valence-corrected chi connectivity index (χ4v) is 2.54. The van der Waals surface area contributed by atoms with Gasteiger partial charge >= 0.3 is 0 Å². The molecule has 0 aromatic heterocycles. The number of halogens is 1. The van der Waals surface area contributed by atoms with Crippen LogP contribution in [0.1, 0.15) is 37.7 Å². The molecule has 2 rings (SSSR count). The van der Waals surface area contributed by atoms with Crippen LogP contribution in [0.5, 0.6) is 0 Å². The predicted molar refractivity (Wildman–Crippen MR) is 72.2 cm³/mol. The van der Waals surface area contributed by atoms with E-state index in [4.69, 9.17) is 11.6 Å². The van der Waals surface area contributed by atoms with Gasteiger partial charge in [0.1, 0.15) is 0 Å². The lowest BCUT2D eigenvalue weighted by atomic mass is 9.90. The Morgan fingerprint density at radius 2 is 1.94 bits per heavy atom. The predicted octanol–water partition coefficient (Wildman–Crippen LogP) is 4.56. The smallest absolute Gasteiger partial charge is 0.0573 e. The van der Waals surface area contributed by atoms with Gasteiger partial charge in [0.2, 0.25) is 0 Å². The van der Waals surface area contributed by atoms with Crippen molar-refractivity contribution in [3.05, 3.63) is 28.8 Å². The van der Waals surface area contributed by atoms with E-state index in [1.54, 1.807) is 0 Å². The van der Waals surface area contributed by atoms with Gasteiger partial charge in [-0.2, -0.15) is 0 Å². The molecular formula is C14H15ClS. The van der Waals surface area contributed by atoms with Gasteiger partial charge in [-0.3, -0.25) is 0 Å². The zero-order valence-corrected chi connectivity index (χ0v) is 10.8. The molecule has 16 heavy (non-hydrogen) atoms. The van der Waals surface area contributed by atoms with E-state index in [0.29, 0.717) is 10.9 Å². The molecule has 1 aromatic carbocycles. The molecule has 0 unspecified atom stereocenters. The lowest BCUT2D eigenvalue weighted by molar-refractivity contribution is 0.430. The quantitative estimate of drug-likeness (QED) is 0.507. The Balaban J connectivity index is 2.10. The molecule has 1 aliphatic rings. The normalized spacial score (nSPS) is 16.6. The first-order valence-corrected chi connectivity index (χ1v) is 6.58. The Morgan fingerprint density at radius 3 is 2.62 bits per heavy atom. The van der Waals surface area contributed by atoms with Crippen LogP contribution in [0.4, 0.5) is 0 Å². The first-order valence-electron chi connectivity index (χ1n) is 5.76. The summed E-state index contributed by atoms with van der Waals surface area (Å²) >= 11 is 10.3. The molecule has 84 valence electrons. The van der Waals surface area contributed by atoms with Gasteiger partial charge in [-0.1, -0.05) is 42.7 Å². The van der Waals surface area contributed by atoms with Gasteiger partial charge in [0.15, 0.2) is 0 Å². The first kappa shape index (κ1) is 11.9. The summed E-state index contributed by atoms with van der Waals surface area (Å²) in [5.74, 6) is 7.10. The number of benzene rings is 1. The Hall–Kier alpha value is -0.580. The van der Waals surface area contributed by atoms with Crippen molar-refractivity contribution < 1.29 is 0 Å². The zero-order chi connectivity index (χ0) is 11.4. The third-order valence-electron chi connectivity index (χ3n) is 2.97. The van der Waals surface area contributed by atoms with E-state index in [1.807, 2.05) is 18.2 Å². The standard InChI is InChI=1S/C14H15ClS/c15-14-10-13(16)9-8-12(14)7-6-11-4-2-1-3-5-11/h8-11,16H,1-5H2. The van der Waals surface area contributed by atoms with Crippen LogP contribution in [0.3, 0.4) is 0 Å². The Labute approximate surface area is 108 Å². The first-order chi connectivity index (χ1) is 7.75. The van der Waals surface area contributed by atoms with Gasteiger partial charge in [0, 0.05) is 16.4 Å². The molecule has 0 aliphatic heterocycles. The summed E-state index contributed by atoms with van der Waals surface area (Å²) in [7, 11) is 0. The number of hydrogen-bond acceptors (Lipinski definition) is 1. The summed E-state index contributed by atoms with van der Waals surface area (Å²) < 4.78 is 0. The Morgan fingerprint density at radius 1 is 1.19 bits per heavy atom. The molecule has 0 nitrogen and oxygen atoms in total. The number of rotatable bonds is 0. The Bertz CT molecular complexity index is 422. The SMILES string of the molecule is Sc1ccc(C#CC2CCCCC2)c(Cl)c1. The van der Waals surface area contributed by atoms with E-state index in [2.05, 4.69) is 24.5 Å². The van der Waals surface area contributed by atoms with Crippen LogP contribution in [-0.2, 0) is 0 Å². The molecule has 1 saturated carbocycles. The molecular weight excluding hydrogens is 236 g/mol. The van der Waals surface area contributed by atoms with Gasteiger partial charge < -0.3 is 0 Å². The van der Waals surface area contributed by atoms with E-state index >= 15 is 0 Å². The second kappa shape index (κ2) is 5.66. The molecule has 0 spiro atoms. The van der Waals surface area contributed by atoms with Crippen LogP contribution >= 0.6 is 24.2 Å².